The van der Waals surface area contributed by atoms with Gasteiger partial charge in [-0.3, -0.25) is 4.79 Å². The van der Waals surface area contributed by atoms with Gasteiger partial charge in [-0.25, -0.2) is 0 Å². The van der Waals surface area contributed by atoms with Gasteiger partial charge in [-0.1, -0.05) is 16.8 Å². The largest absolute Gasteiger partial charge is 0.489 e. The Kier molecular flexibility index (Phi) is 5.78. The number of aromatic nitrogens is 2. The molecule has 0 bridgehead atoms. The van der Waals surface area contributed by atoms with Crippen LogP contribution in [0.25, 0.3) is 11.4 Å². The number of carbonyl (C=O) groups is 1. The number of esters is 1. The Hall–Kier alpha value is -2.58. The molecular formula is C19H17ClN2O5S. The SMILES string of the molecule is O=C(CCc1nc(-c2ccsc2)no1)OCc1cc(Cl)c2c(c1)OCCCO2. The lowest BCUT2D eigenvalue weighted by molar-refractivity contribution is -0.145. The highest BCUT2D eigenvalue weighted by Gasteiger charge is 2.17. The zero-order valence-corrected chi connectivity index (χ0v) is 16.4. The molecule has 0 radical (unpaired) electrons. The van der Waals surface area contributed by atoms with Gasteiger partial charge in [0.25, 0.3) is 0 Å². The van der Waals surface area contributed by atoms with E-state index in [2.05, 4.69) is 10.1 Å². The summed E-state index contributed by atoms with van der Waals surface area (Å²) in [6.07, 6.45) is 1.25. The summed E-state index contributed by atoms with van der Waals surface area (Å²) in [4.78, 5) is 16.3. The van der Waals surface area contributed by atoms with Gasteiger partial charge in [-0.2, -0.15) is 16.3 Å². The number of benzene rings is 1. The van der Waals surface area contributed by atoms with E-state index in [0.29, 0.717) is 47.9 Å². The molecule has 1 aliphatic rings. The van der Waals surface area contributed by atoms with Crippen molar-refractivity contribution >= 4 is 28.9 Å². The van der Waals surface area contributed by atoms with Gasteiger partial charge in [0.05, 0.1) is 24.7 Å². The second-order valence-electron chi connectivity index (χ2n) is 6.14. The first kappa shape index (κ1) is 18.8. The highest BCUT2D eigenvalue weighted by atomic mass is 35.5. The number of carbonyl (C=O) groups excluding carboxylic acids is 1. The Morgan fingerprint density at radius 1 is 1.29 bits per heavy atom. The molecule has 0 amide bonds. The third-order valence-corrected chi connectivity index (χ3v) is 5.02. The number of halogens is 1. The fourth-order valence-electron chi connectivity index (χ4n) is 2.68. The van der Waals surface area contributed by atoms with Crippen molar-refractivity contribution in [2.75, 3.05) is 13.2 Å². The van der Waals surface area contributed by atoms with Crippen LogP contribution in [0.1, 0.15) is 24.3 Å². The van der Waals surface area contributed by atoms with Crippen molar-refractivity contribution in [1.82, 2.24) is 10.1 Å². The van der Waals surface area contributed by atoms with E-state index in [1.165, 1.54) is 0 Å². The van der Waals surface area contributed by atoms with Crippen LogP contribution in [-0.2, 0) is 22.6 Å². The topological polar surface area (TPSA) is 83.7 Å². The smallest absolute Gasteiger partial charge is 0.306 e. The third-order valence-electron chi connectivity index (χ3n) is 4.05. The second-order valence-corrected chi connectivity index (χ2v) is 7.33. The molecule has 7 nitrogen and oxygen atoms in total. The minimum atomic E-state index is -0.362. The Bertz CT molecular complexity index is 957. The van der Waals surface area contributed by atoms with Gasteiger partial charge >= 0.3 is 5.97 Å². The molecule has 9 heteroatoms. The zero-order chi connectivity index (χ0) is 19.3. The molecule has 0 saturated carbocycles. The monoisotopic (exact) mass is 420 g/mol. The van der Waals surface area contributed by atoms with Crippen LogP contribution < -0.4 is 9.47 Å². The van der Waals surface area contributed by atoms with E-state index in [1.54, 1.807) is 23.5 Å². The van der Waals surface area contributed by atoms with Gasteiger partial charge in [-0.15, -0.1) is 0 Å². The van der Waals surface area contributed by atoms with Crippen LogP contribution in [0.5, 0.6) is 11.5 Å². The predicted molar refractivity (Wildman–Crippen MR) is 103 cm³/mol. The fraction of sp³-hybridized carbons (Fsp3) is 0.316. The highest BCUT2D eigenvalue weighted by molar-refractivity contribution is 7.08. The van der Waals surface area contributed by atoms with Gasteiger partial charge in [0, 0.05) is 23.8 Å². The summed E-state index contributed by atoms with van der Waals surface area (Å²) in [6, 6.07) is 5.41. The number of hydrogen-bond acceptors (Lipinski definition) is 8. The first-order chi connectivity index (χ1) is 13.7. The summed E-state index contributed by atoms with van der Waals surface area (Å²) in [5.41, 5.74) is 1.63. The Morgan fingerprint density at radius 2 is 2.18 bits per heavy atom. The molecule has 28 heavy (non-hydrogen) atoms. The van der Waals surface area contributed by atoms with Gasteiger partial charge in [0.2, 0.25) is 11.7 Å². The lowest BCUT2D eigenvalue weighted by atomic mass is 10.2. The van der Waals surface area contributed by atoms with Crippen LogP contribution >= 0.6 is 22.9 Å². The lowest BCUT2D eigenvalue weighted by Gasteiger charge is -2.11. The Labute approximate surface area is 170 Å². The summed E-state index contributed by atoms with van der Waals surface area (Å²) in [6.45, 7) is 1.22. The van der Waals surface area contributed by atoms with Crippen molar-refractivity contribution in [3.05, 3.63) is 45.4 Å². The first-order valence-corrected chi connectivity index (χ1v) is 10.1. The van der Waals surface area contributed by atoms with Crippen LogP contribution in [0, 0.1) is 0 Å². The number of hydrogen-bond donors (Lipinski definition) is 0. The molecule has 0 spiro atoms. The normalized spacial score (nSPS) is 13.2. The van der Waals surface area contributed by atoms with E-state index in [0.717, 1.165) is 17.5 Å². The molecule has 3 aromatic rings. The van der Waals surface area contributed by atoms with Gasteiger partial charge in [0.15, 0.2) is 11.5 Å². The van der Waals surface area contributed by atoms with Crippen molar-refractivity contribution in [2.24, 2.45) is 0 Å². The lowest BCUT2D eigenvalue weighted by Crippen LogP contribution is -2.06. The van der Waals surface area contributed by atoms with Crippen LogP contribution in [0.4, 0.5) is 0 Å². The molecule has 146 valence electrons. The molecule has 0 saturated heterocycles. The number of aryl methyl sites for hydroxylation is 1. The minimum Gasteiger partial charge on any atom is -0.489 e. The molecular weight excluding hydrogens is 404 g/mol. The minimum absolute atomic E-state index is 0.0964. The van der Waals surface area contributed by atoms with E-state index in [9.17, 15) is 4.79 Å². The number of fused-ring (bicyclic) bond motifs is 1. The number of rotatable bonds is 6. The number of nitrogens with zero attached hydrogens (tertiary/aromatic N) is 2. The zero-order valence-electron chi connectivity index (χ0n) is 14.9. The summed E-state index contributed by atoms with van der Waals surface area (Å²) in [5, 5.41) is 8.23. The maximum Gasteiger partial charge on any atom is 0.306 e. The van der Waals surface area contributed by atoms with Crippen molar-refractivity contribution in [3.63, 3.8) is 0 Å². The van der Waals surface area contributed by atoms with Gasteiger partial charge < -0.3 is 18.7 Å². The summed E-state index contributed by atoms with van der Waals surface area (Å²) in [7, 11) is 0. The maximum atomic E-state index is 12.1. The fourth-order valence-corrected chi connectivity index (χ4v) is 3.60. The molecule has 0 N–H and O–H groups in total. The molecule has 0 unspecified atom stereocenters. The Morgan fingerprint density at radius 3 is 3.04 bits per heavy atom. The van der Waals surface area contributed by atoms with Gasteiger partial charge in [-0.05, 0) is 29.1 Å². The number of ether oxygens (including phenoxy) is 3. The van der Waals surface area contributed by atoms with E-state index >= 15 is 0 Å². The highest BCUT2D eigenvalue weighted by Crippen LogP contribution is 2.38. The van der Waals surface area contributed by atoms with Crippen LogP contribution in [0.2, 0.25) is 5.02 Å². The predicted octanol–water partition coefficient (Wildman–Crippen LogP) is 4.29. The number of thiophene rings is 1. The average Bonchev–Trinajstić information content (AvgIpc) is 3.32. The second kappa shape index (κ2) is 8.62. The molecule has 2 aromatic heterocycles. The average molecular weight is 421 g/mol. The van der Waals surface area contributed by atoms with Crippen molar-refractivity contribution in [1.29, 1.82) is 0 Å². The third kappa shape index (κ3) is 4.45. The van der Waals surface area contributed by atoms with Crippen LogP contribution in [-0.4, -0.2) is 29.3 Å². The molecule has 4 rings (SSSR count). The van der Waals surface area contributed by atoms with E-state index in [1.807, 2.05) is 16.8 Å². The first-order valence-electron chi connectivity index (χ1n) is 8.78. The van der Waals surface area contributed by atoms with Crippen LogP contribution in [0.3, 0.4) is 0 Å². The molecule has 1 aliphatic heterocycles. The van der Waals surface area contributed by atoms with Crippen molar-refractivity contribution < 1.29 is 23.5 Å². The van der Waals surface area contributed by atoms with E-state index in [4.69, 9.17) is 30.3 Å². The molecule has 3 heterocycles. The van der Waals surface area contributed by atoms with Crippen molar-refractivity contribution in [2.45, 2.75) is 25.9 Å². The Balaban J connectivity index is 1.30. The summed E-state index contributed by atoms with van der Waals surface area (Å²) in [5.74, 6) is 1.66. The summed E-state index contributed by atoms with van der Waals surface area (Å²) >= 11 is 7.80. The van der Waals surface area contributed by atoms with Crippen LogP contribution in [0.15, 0.2) is 33.5 Å². The standard InChI is InChI=1S/C19H17ClN2O5S/c20-14-8-12(9-15-18(14)25-6-1-5-24-15)10-26-17(23)3-2-16-21-19(22-27-16)13-4-7-28-11-13/h4,7-9,11H,1-3,5-6,10H2. The quantitative estimate of drug-likeness (QED) is 0.550. The molecule has 1 aromatic carbocycles. The molecule has 0 aliphatic carbocycles. The van der Waals surface area contributed by atoms with Gasteiger partial charge in [0.1, 0.15) is 6.61 Å². The van der Waals surface area contributed by atoms with E-state index < -0.39 is 0 Å². The molecule has 0 atom stereocenters. The maximum absolute atomic E-state index is 12.1. The molecule has 0 fully saturated rings. The summed E-state index contributed by atoms with van der Waals surface area (Å²) < 4.78 is 21.7. The van der Waals surface area contributed by atoms with Crippen molar-refractivity contribution in [3.8, 4) is 22.9 Å². The van der Waals surface area contributed by atoms with E-state index in [-0.39, 0.29) is 19.0 Å².